The molecule has 0 aromatic heterocycles. The molecule has 0 radical (unpaired) electrons. The molecule has 1 atom stereocenters. The van der Waals surface area contributed by atoms with Crippen LogP contribution in [0.25, 0.3) is 0 Å². The topological polar surface area (TPSA) is 52.6 Å². The van der Waals surface area contributed by atoms with Crippen LogP contribution in [-0.2, 0) is 11.3 Å². The van der Waals surface area contributed by atoms with Crippen molar-refractivity contribution in [1.82, 2.24) is 15.1 Å². The Morgan fingerprint density at radius 3 is 2.70 bits per heavy atom. The molecule has 1 saturated carbocycles. The van der Waals surface area contributed by atoms with Crippen molar-refractivity contribution in [3.63, 3.8) is 0 Å². The van der Waals surface area contributed by atoms with Crippen LogP contribution in [0.1, 0.15) is 25.3 Å². The van der Waals surface area contributed by atoms with E-state index in [0.717, 1.165) is 18.4 Å². The summed E-state index contributed by atoms with van der Waals surface area (Å²) in [4.78, 5) is 27.9. The number of carbonyl (C=O) groups is 2. The van der Waals surface area contributed by atoms with Crippen LogP contribution in [0.2, 0.25) is 10.0 Å². The monoisotopic (exact) mass is 355 g/mol. The number of halogens is 2. The molecule has 1 aliphatic heterocycles. The molecule has 1 saturated heterocycles. The van der Waals surface area contributed by atoms with Crippen molar-refractivity contribution < 1.29 is 9.59 Å². The molecule has 0 bridgehead atoms. The maximum Gasteiger partial charge on any atom is 0.326 e. The van der Waals surface area contributed by atoms with Crippen LogP contribution in [-0.4, -0.2) is 41.0 Å². The number of amides is 3. The van der Waals surface area contributed by atoms with E-state index in [0.29, 0.717) is 16.6 Å². The number of benzene rings is 1. The van der Waals surface area contributed by atoms with E-state index in [1.54, 1.807) is 6.07 Å². The Labute approximate surface area is 145 Å². The summed E-state index contributed by atoms with van der Waals surface area (Å²) >= 11 is 12.2. The zero-order valence-electron chi connectivity index (χ0n) is 13.1. The van der Waals surface area contributed by atoms with Gasteiger partial charge in [0.05, 0.1) is 16.7 Å². The van der Waals surface area contributed by atoms with Crippen molar-refractivity contribution in [1.29, 1.82) is 0 Å². The van der Waals surface area contributed by atoms with Crippen LogP contribution in [0.3, 0.4) is 0 Å². The average molecular weight is 356 g/mol. The summed E-state index contributed by atoms with van der Waals surface area (Å²) in [5.41, 5.74) is 0.115. The van der Waals surface area contributed by atoms with Crippen LogP contribution in [0.5, 0.6) is 0 Å². The molecule has 5 nitrogen and oxygen atoms in total. The Hall–Kier alpha value is -1.30. The summed E-state index contributed by atoms with van der Waals surface area (Å²) < 4.78 is 0. The quantitative estimate of drug-likeness (QED) is 0.825. The number of urea groups is 1. The first-order valence-corrected chi connectivity index (χ1v) is 8.34. The van der Waals surface area contributed by atoms with Crippen molar-refractivity contribution in [3.05, 3.63) is 33.8 Å². The van der Waals surface area contributed by atoms with E-state index in [2.05, 4.69) is 5.32 Å². The third-order valence-corrected chi connectivity index (χ3v) is 5.41. The highest BCUT2D eigenvalue weighted by Crippen LogP contribution is 2.42. The molecule has 1 aromatic rings. The van der Waals surface area contributed by atoms with Gasteiger partial charge in [-0.3, -0.25) is 9.69 Å². The highest BCUT2D eigenvalue weighted by molar-refractivity contribution is 6.42. The Bertz CT molecular complexity index is 663. The Morgan fingerprint density at radius 1 is 1.35 bits per heavy atom. The number of nitrogens with one attached hydrogen (secondary N) is 1. The summed E-state index contributed by atoms with van der Waals surface area (Å²) in [6.45, 7) is 2.53. The van der Waals surface area contributed by atoms with Gasteiger partial charge in [0.15, 0.2) is 0 Å². The largest absolute Gasteiger partial charge is 0.326 e. The number of nitrogens with zero attached hydrogens (tertiary/aromatic N) is 2. The van der Waals surface area contributed by atoms with Crippen molar-refractivity contribution in [2.75, 3.05) is 13.7 Å². The fourth-order valence-electron chi connectivity index (χ4n) is 3.03. The first kappa shape index (κ1) is 16.6. The second kappa shape index (κ2) is 5.96. The van der Waals surface area contributed by atoms with Crippen molar-refractivity contribution in [2.24, 2.45) is 5.92 Å². The van der Waals surface area contributed by atoms with Gasteiger partial charge in [0.2, 0.25) is 0 Å². The molecule has 7 heteroatoms. The summed E-state index contributed by atoms with van der Waals surface area (Å²) in [6.07, 6.45) is 1.98. The number of hydrogen-bond acceptors (Lipinski definition) is 3. The highest BCUT2D eigenvalue weighted by Gasteiger charge is 2.56. The molecule has 1 aliphatic carbocycles. The molecular formula is C16H19Cl2N3O2. The fraction of sp³-hybridized carbons (Fsp3) is 0.500. The third-order valence-electron chi connectivity index (χ3n) is 4.55. The Morgan fingerprint density at radius 2 is 2.04 bits per heavy atom. The summed E-state index contributed by atoms with van der Waals surface area (Å²) in [5, 5.41) is 3.84. The summed E-state index contributed by atoms with van der Waals surface area (Å²) in [5.74, 6) is 0.116. The number of hydrogen-bond donors (Lipinski definition) is 1. The number of rotatable bonds is 5. The first-order chi connectivity index (χ1) is 10.8. The van der Waals surface area contributed by atoms with E-state index in [-0.39, 0.29) is 24.5 Å². The van der Waals surface area contributed by atoms with E-state index in [9.17, 15) is 9.59 Å². The van der Waals surface area contributed by atoms with Crippen LogP contribution in [0, 0.1) is 5.92 Å². The third kappa shape index (κ3) is 3.05. The Balaban J connectivity index is 1.68. The predicted molar refractivity (Wildman–Crippen MR) is 89.3 cm³/mol. The first-order valence-electron chi connectivity index (χ1n) is 7.58. The Kier molecular flexibility index (Phi) is 4.29. The summed E-state index contributed by atoms with van der Waals surface area (Å²) in [7, 11) is 1.84. The molecule has 124 valence electrons. The second-order valence-electron chi connectivity index (χ2n) is 6.51. The molecule has 1 heterocycles. The summed E-state index contributed by atoms with van der Waals surface area (Å²) in [6, 6.07) is 5.11. The zero-order chi connectivity index (χ0) is 16.8. The lowest BCUT2D eigenvalue weighted by atomic mass is 9.96. The van der Waals surface area contributed by atoms with Gasteiger partial charge in [0.25, 0.3) is 5.91 Å². The second-order valence-corrected chi connectivity index (χ2v) is 7.29. The van der Waals surface area contributed by atoms with Gasteiger partial charge < -0.3 is 5.32 Å². The van der Waals surface area contributed by atoms with Crippen molar-refractivity contribution >= 4 is 35.1 Å². The lowest BCUT2D eigenvalue weighted by Gasteiger charge is -2.24. The number of carbonyl (C=O) groups excluding carboxylic acids is 2. The molecule has 2 aliphatic rings. The van der Waals surface area contributed by atoms with Gasteiger partial charge >= 0.3 is 6.03 Å². The van der Waals surface area contributed by atoms with E-state index in [1.165, 1.54) is 4.90 Å². The maximum atomic E-state index is 12.6. The minimum Gasteiger partial charge on any atom is -0.323 e. The van der Waals surface area contributed by atoms with Gasteiger partial charge in [-0.05, 0) is 44.4 Å². The molecule has 1 N–H and O–H groups in total. The maximum absolute atomic E-state index is 12.6. The number of imide groups is 1. The van der Waals surface area contributed by atoms with Gasteiger partial charge in [-0.25, -0.2) is 9.69 Å². The SMILES string of the molecule is CN(Cc1cccc(Cl)c1Cl)CN1C(=O)N[C@](C)(C2CC2)C1=O. The highest BCUT2D eigenvalue weighted by atomic mass is 35.5. The normalized spacial score (nSPS) is 24.5. The molecule has 1 aromatic carbocycles. The van der Waals surface area contributed by atoms with E-state index in [4.69, 9.17) is 23.2 Å². The molecule has 0 unspecified atom stereocenters. The molecule has 3 rings (SSSR count). The van der Waals surface area contributed by atoms with Crippen LogP contribution in [0.4, 0.5) is 4.79 Å². The van der Waals surface area contributed by atoms with Crippen LogP contribution in [0.15, 0.2) is 18.2 Å². The van der Waals surface area contributed by atoms with Gasteiger partial charge in [0.1, 0.15) is 5.54 Å². The van der Waals surface area contributed by atoms with Crippen LogP contribution >= 0.6 is 23.2 Å². The molecular weight excluding hydrogens is 337 g/mol. The van der Waals surface area contributed by atoms with Crippen molar-refractivity contribution in [2.45, 2.75) is 31.8 Å². The molecule has 23 heavy (non-hydrogen) atoms. The van der Waals surface area contributed by atoms with Gasteiger partial charge in [-0.15, -0.1) is 0 Å². The zero-order valence-corrected chi connectivity index (χ0v) is 14.6. The predicted octanol–water partition coefficient (Wildman–Crippen LogP) is 3.10. The lowest BCUT2D eigenvalue weighted by Crippen LogP contribution is -2.46. The molecule has 3 amide bonds. The standard InChI is InChI=1S/C16H19Cl2N3O2/c1-16(11-6-7-11)14(22)21(15(23)19-16)9-20(2)8-10-4-3-5-12(17)13(10)18/h3-5,11H,6-9H2,1-2H3,(H,19,23)/t16-/m1/s1. The van der Waals surface area contributed by atoms with Gasteiger partial charge in [-0.2, -0.15) is 0 Å². The minimum absolute atomic E-state index is 0.144. The van der Waals surface area contributed by atoms with Gasteiger partial charge in [0, 0.05) is 6.54 Å². The smallest absolute Gasteiger partial charge is 0.323 e. The van der Waals surface area contributed by atoms with E-state index in [1.807, 2.05) is 31.0 Å². The minimum atomic E-state index is -0.744. The van der Waals surface area contributed by atoms with E-state index >= 15 is 0 Å². The average Bonchev–Trinajstić information content (AvgIpc) is 3.30. The van der Waals surface area contributed by atoms with E-state index < -0.39 is 5.54 Å². The van der Waals surface area contributed by atoms with Gasteiger partial charge in [-0.1, -0.05) is 35.3 Å². The van der Waals surface area contributed by atoms with Crippen molar-refractivity contribution in [3.8, 4) is 0 Å². The lowest BCUT2D eigenvalue weighted by molar-refractivity contribution is -0.132. The molecule has 0 spiro atoms. The fourth-order valence-corrected chi connectivity index (χ4v) is 3.41. The molecule has 2 fully saturated rings. The van der Waals surface area contributed by atoms with Crippen LogP contribution < -0.4 is 5.32 Å².